The van der Waals surface area contributed by atoms with E-state index in [2.05, 4.69) is 20.9 Å². The molecular weight excluding hydrogens is 268 g/mol. The fraction of sp³-hybridized carbons (Fsp3) is 0.875. The number of carbonyl (C=O) groups excluding carboxylic acids is 2. The number of nitrogens with zero attached hydrogens (tertiary/aromatic N) is 2. The highest BCUT2D eigenvalue weighted by atomic mass is 16.5. The third-order valence-corrected chi connectivity index (χ3v) is 6.54. The molecule has 3 fully saturated rings. The highest BCUT2D eigenvalue weighted by Crippen LogP contribution is 2.60. The molecule has 2 saturated heterocycles. The van der Waals surface area contributed by atoms with Crippen molar-refractivity contribution in [2.75, 3.05) is 40.0 Å². The van der Waals surface area contributed by atoms with Gasteiger partial charge in [-0.05, 0) is 18.3 Å². The second-order valence-electron chi connectivity index (χ2n) is 8.04. The van der Waals surface area contributed by atoms with E-state index in [4.69, 9.17) is 4.74 Å². The summed E-state index contributed by atoms with van der Waals surface area (Å²) < 4.78 is 6.13. The molecule has 1 saturated carbocycles. The maximum Gasteiger partial charge on any atom is 0.240 e. The average Bonchev–Trinajstić information content (AvgIpc) is 2.61. The number of fused-ring (bicyclic) bond motifs is 2. The molecule has 0 N–H and O–H groups in total. The number of carbonyl (C=O) groups is 2. The van der Waals surface area contributed by atoms with Crippen molar-refractivity contribution >= 4 is 11.8 Å². The molecule has 3 rings (SSSR count). The zero-order chi connectivity index (χ0) is 15.5. The maximum absolute atomic E-state index is 13.0. The van der Waals surface area contributed by atoms with E-state index in [9.17, 15) is 9.59 Å². The number of morpholine rings is 1. The van der Waals surface area contributed by atoms with E-state index in [-0.39, 0.29) is 23.1 Å². The van der Waals surface area contributed by atoms with Crippen LogP contribution in [0.4, 0.5) is 0 Å². The minimum atomic E-state index is -0.392. The second kappa shape index (κ2) is 4.53. The Hall–Kier alpha value is -0.940. The molecule has 2 unspecified atom stereocenters. The minimum absolute atomic E-state index is 0.00663. The van der Waals surface area contributed by atoms with Crippen LogP contribution in [0.25, 0.3) is 0 Å². The summed E-state index contributed by atoms with van der Waals surface area (Å²) in [5, 5.41) is 0. The summed E-state index contributed by atoms with van der Waals surface area (Å²) in [6, 6.07) is 0. The number of rotatable bonds is 2. The Morgan fingerprint density at radius 3 is 2.48 bits per heavy atom. The van der Waals surface area contributed by atoms with Crippen LogP contribution in [-0.2, 0) is 14.3 Å². The molecule has 2 amide bonds. The number of likely N-dealkylation sites (N-methyl/N-ethyl adjacent to an activating group) is 1. The van der Waals surface area contributed by atoms with Gasteiger partial charge in [0.15, 0.2) is 6.67 Å². The molecule has 0 aromatic carbocycles. The topological polar surface area (TPSA) is 46.6 Å². The van der Waals surface area contributed by atoms with E-state index >= 15 is 0 Å². The molecule has 2 atom stereocenters. The molecule has 5 nitrogen and oxygen atoms in total. The van der Waals surface area contributed by atoms with Crippen molar-refractivity contribution in [1.29, 1.82) is 0 Å². The first-order valence-corrected chi connectivity index (χ1v) is 7.98. The van der Waals surface area contributed by atoms with Crippen molar-refractivity contribution in [3.05, 3.63) is 0 Å². The molecule has 118 valence electrons. The van der Waals surface area contributed by atoms with Crippen LogP contribution in [0, 0.1) is 16.7 Å². The molecular formula is C16H27N2O3+. The Balaban J connectivity index is 1.87. The van der Waals surface area contributed by atoms with Gasteiger partial charge in [0.05, 0.1) is 25.7 Å². The van der Waals surface area contributed by atoms with Gasteiger partial charge in [-0.3, -0.25) is 9.59 Å². The van der Waals surface area contributed by atoms with Crippen LogP contribution >= 0.6 is 0 Å². The summed E-state index contributed by atoms with van der Waals surface area (Å²) in [4.78, 5) is 27.4. The summed E-state index contributed by atoms with van der Waals surface area (Å²) in [6.45, 7) is 9.87. The summed E-state index contributed by atoms with van der Waals surface area (Å²) in [5.41, 5.74) is -0.613. The number of imide groups is 1. The molecule has 2 bridgehead atoms. The van der Waals surface area contributed by atoms with Crippen molar-refractivity contribution in [3.8, 4) is 0 Å². The summed E-state index contributed by atoms with van der Waals surface area (Å²) in [6.07, 6.45) is 1.68. The predicted molar refractivity (Wildman–Crippen MR) is 78.1 cm³/mol. The van der Waals surface area contributed by atoms with Crippen molar-refractivity contribution < 1.29 is 18.8 Å². The fourth-order valence-electron chi connectivity index (χ4n) is 4.30. The van der Waals surface area contributed by atoms with Crippen molar-refractivity contribution in [3.63, 3.8) is 0 Å². The van der Waals surface area contributed by atoms with Crippen LogP contribution in [0.5, 0.6) is 0 Å². The molecule has 21 heavy (non-hydrogen) atoms. The molecule has 2 aliphatic heterocycles. The lowest BCUT2D eigenvalue weighted by molar-refractivity contribution is -0.923. The first-order chi connectivity index (χ1) is 9.71. The molecule has 2 heterocycles. The Labute approximate surface area is 126 Å². The Morgan fingerprint density at radius 2 is 1.86 bits per heavy atom. The van der Waals surface area contributed by atoms with Crippen LogP contribution < -0.4 is 0 Å². The second-order valence-corrected chi connectivity index (χ2v) is 8.04. The number of amides is 2. The monoisotopic (exact) mass is 295 g/mol. The standard InChI is InChI=1S/C16H27N2O3/c1-15(2)12-5-6-16(15,3)14(20)17(13(12)19)11-18(4)7-9-21-10-8-18/h12H,5-11H2,1-4H3/q+1. The van der Waals surface area contributed by atoms with Gasteiger partial charge in [-0.15, -0.1) is 0 Å². The van der Waals surface area contributed by atoms with E-state index < -0.39 is 5.41 Å². The third kappa shape index (κ3) is 1.97. The smallest absolute Gasteiger partial charge is 0.240 e. The zero-order valence-electron chi connectivity index (χ0n) is 13.6. The first kappa shape index (κ1) is 15.0. The first-order valence-electron chi connectivity index (χ1n) is 7.98. The van der Waals surface area contributed by atoms with E-state index in [1.807, 2.05) is 6.92 Å². The van der Waals surface area contributed by atoms with Gasteiger partial charge >= 0.3 is 0 Å². The fourth-order valence-corrected chi connectivity index (χ4v) is 4.30. The molecule has 3 aliphatic rings. The quantitative estimate of drug-likeness (QED) is 0.569. The molecule has 0 aromatic rings. The summed E-state index contributed by atoms with van der Waals surface area (Å²) >= 11 is 0. The summed E-state index contributed by atoms with van der Waals surface area (Å²) in [5.74, 6) is 0.0794. The van der Waals surface area contributed by atoms with Crippen molar-refractivity contribution in [2.45, 2.75) is 33.6 Å². The van der Waals surface area contributed by atoms with E-state index in [0.717, 1.165) is 30.4 Å². The van der Waals surface area contributed by atoms with Gasteiger partial charge in [-0.2, -0.15) is 0 Å². The van der Waals surface area contributed by atoms with Crippen LogP contribution in [0.15, 0.2) is 0 Å². The maximum atomic E-state index is 13.0. The number of ether oxygens (including phenoxy) is 1. The van der Waals surface area contributed by atoms with Gasteiger partial charge in [0.2, 0.25) is 11.8 Å². The molecule has 5 heteroatoms. The van der Waals surface area contributed by atoms with E-state index in [1.165, 1.54) is 0 Å². The van der Waals surface area contributed by atoms with Gasteiger partial charge < -0.3 is 9.22 Å². The lowest BCUT2D eigenvalue weighted by atomic mass is 9.62. The van der Waals surface area contributed by atoms with Crippen LogP contribution in [0.2, 0.25) is 0 Å². The largest absolute Gasteiger partial charge is 0.370 e. The number of quaternary nitrogens is 1. The number of hydrogen-bond acceptors (Lipinski definition) is 3. The Morgan fingerprint density at radius 1 is 1.24 bits per heavy atom. The summed E-state index contributed by atoms with van der Waals surface area (Å²) in [7, 11) is 2.12. The molecule has 0 spiro atoms. The Bertz CT molecular complexity index is 482. The minimum Gasteiger partial charge on any atom is -0.370 e. The van der Waals surface area contributed by atoms with Gasteiger partial charge in [-0.25, -0.2) is 4.90 Å². The van der Waals surface area contributed by atoms with Gasteiger partial charge in [0.1, 0.15) is 13.1 Å². The third-order valence-electron chi connectivity index (χ3n) is 6.54. The van der Waals surface area contributed by atoms with Crippen LogP contribution in [-0.4, -0.2) is 61.2 Å². The Kier molecular flexibility index (Phi) is 3.23. The average molecular weight is 295 g/mol. The SMILES string of the molecule is CC12CCC(C(=O)N(C[N+]3(C)CCOCC3)C1=O)C2(C)C. The lowest BCUT2D eigenvalue weighted by Gasteiger charge is -2.49. The highest BCUT2D eigenvalue weighted by Gasteiger charge is 2.65. The van der Waals surface area contributed by atoms with Crippen LogP contribution in [0.3, 0.4) is 0 Å². The molecule has 0 radical (unpaired) electrons. The van der Waals surface area contributed by atoms with Crippen molar-refractivity contribution in [2.24, 2.45) is 16.7 Å². The number of piperidine rings is 1. The zero-order valence-corrected chi connectivity index (χ0v) is 13.6. The number of hydrogen-bond donors (Lipinski definition) is 0. The number of likely N-dealkylation sites (tertiary alicyclic amines) is 1. The van der Waals surface area contributed by atoms with Crippen molar-refractivity contribution in [1.82, 2.24) is 4.90 Å². The van der Waals surface area contributed by atoms with Gasteiger partial charge in [0, 0.05) is 5.92 Å². The normalized spacial score (nSPS) is 37.9. The molecule has 1 aliphatic carbocycles. The molecule has 0 aromatic heterocycles. The van der Waals surface area contributed by atoms with Crippen LogP contribution in [0.1, 0.15) is 33.6 Å². The lowest BCUT2D eigenvalue weighted by Crippen LogP contribution is -2.65. The van der Waals surface area contributed by atoms with Gasteiger partial charge in [-0.1, -0.05) is 20.8 Å². The van der Waals surface area contributed by atoms with E-state index in [1.54, 1.807) is 4.90 Å². The van der Waals surface area contributed by atoms with Gasteiger partial charge in [0.25, 0.3) is 0 Å². The highest BCUT2D eigenvalue weighted by molar-refractivity contribution is 6.03. The predicted octanol–water partition coefficient (Wildman–Crippen LogP) is 1.23. The van der Waals surface area contributed by atoms with E-state index in [0.29, 0.717) is 19.9 Å².